The summed E-state index contributed by atoms with van der Waals surface area (Å²) in [5.41, 5.74) is 6.59. The molecular weight excluding hydrogens is 444 g/mol. The fraction of sp³-hybridized carbons (Fsp3) is 0.138. The van der Waals surface area contributed by atoms with Crippen molar-refractivity contribution in [3.63, 3.8) is 0 Å². The molecule has 170 valence electrons. The van der Waals surface area contributed by atoms with Crippen LogP contribution >= 0.6 is 11.6 Å². The maximum Gasteiger partial charge on any atom is 0.262 e. The molecule has 4 aromatic carbocycles. The lowest BCUT2D eigenvalue weighted by Crippen LogP contribution is -2.43. The average molecular weight is 469 g/mol. The molecule has 0 saturated carbocycles. The Labute approximate surface area is 204 Å². The molecule has 0 radical (unpaired) electrons. The van der Waals surface area contributed by atoms with Crippen LogP contribution in [-0.2, 0) is 6.61 Å². The highest BCUT2D eigenvalue weighted by Gasteiger charge is 2.34. The SMILES string of the molecule is Cc1ccc(N2C(=O)c3ccccc3N[C@@H]2c2ccc(OCc3ccccc3Cl)cc2)cc1C. The van der Waals surface area contributed by atoms with Crippen LogP contribution in [0.15, 0.2) is 91.0 Å². The summed E-state index contributed by atoms with van der Waals surface area (Å²) in [7, 11) is 0. The molecule has 0 saturated heterocycles. The van der Waals surface area contributed by atoms with Crippen molar-refractivity contribution in [1.82, 2.24) is 0 Å². The zero-order chi connectivity index (χ0) is 23.7. The fourth-order valence-electron chi connectivity index (χ4n) is 4.15. The molecule has 0 spiro atoms. The Kier molecular flexibility index (Phi) is 5.99. The van der Waals surface area contributed by atoms with Crippen molar-refractivity contribution in [3.8, 4) is 5.75 Å². The number of nitrogens with zero attached hydrogens (tertiary/aromatic N) is 1. The van der Waals surface area contributed by atoms with Gasteiger partial charge in [-0.2, -0.15) is 0 Å². The minimum atomic E-state index is -0.345. The molecule has 1 amide bonds. The van der Waals surface area contributed by atoms with E-state index in [-0.39, 0.29) is 12.1 Å². The number of hydrogen-bond acceptors (Lipinski definition) is 3. The van der Waals surface area contributed by atoms with Crippen LogP contribution in [0.3, 0.4) is 0 Å². The third-order valence-electron chi connectivity index (χ3n) is 6.24. The standard InChI is InChI=1S/C29H25ClN2O2/c1-19-11-14-23(17-20(19)2)32-28(31-27-10-6-4-8-25(27)29(32)33)21-12-15-24(16-13-21)34-18-22-7-3-5-9-26(22)30/h3-17,28,31H,18H2,1-2H3/t28-/m0/s1. The van der Waals surface area contributed by atoms with Crippen molar-refractivity contribution < 1.29 is 9.53 Å². The minimum Gasteiger partial charge on any atom is -0.489 e. The molecule has 5 heteroatoms. The molecule has 1 heterocycles. The zero-order valence-corrected chi connectivity index (χ0v) is 19.8. The van der Waals surface area contributed by atoms with Gasteiger partial charge in [-0.15, -0.1) is 0 Å². The third kappa shape index (κ3) is 4.25. The number of benzene rings is 4. The number of carbonyl (C=O) groups excluding carboxylic acids is 1. The Bertz CT molecular complexity index is 1350. The topological polar surface area (TPSA) is 41.6 Å². The molecule has 5 rings (SSSR count). The van der Waals surface area contributed by atoms with Gasteiger partial charge in [0.2, 0.25) is 0 Å². The Morgan fingerprint density at radius 3 is 2.38 bits per heavy atom. The lowest BCUT2D eigenvalue weighted by molar-refractivity contribution is 0.0975. The highest BCUT2D eigenvalue weighted by molar-refractivity contribution is 6.31. The Morgan fingerprint density at radius 2 is 1.62 bits per heavy atom. The molecule has 4 nitrogen and oxygen atoms in total. The molecule has 1 atom stereocenters. The van der Waals surface area contributed by atoms with Crippen molar-refractivity contribution in [2.75, 3.05) is 10.2 Å². The summed E-state index contributed by atoms with van der Waals surface area (Å²) < 4.78 is 5.95. The number of rotatable bonds is 5. The first-order valence-corrected chi connectivity index (χ1v) is 11.6. The van der Waals surface area contributed by atoms with E-state index in [9.17, 15) is 4.79 Å². The van der Waals surface area contributed by atoms with Gasteiger partial charge in [0.25, 0.3) is 5.91 Å². The van der Waals surface area contributed by atoms with Crippen LogP contribution in [0.2, 0.25) is 5.02 Å². The van der Waals surface area contributed by atoms with E-state index in [4.69, 9.17) is 16.3 Å². The quantitative estimate of drug-likeness (QED) is 0.334. The second-order valence-corrected chi connectivity index (χ2v) is 8.89. The number of hydrogen-bond donors (Lipinski definition) is 1. The number of anilines is 2. The van der Waals surface area contributed by atoms with Gasteiger partial charge >= 0.3 is 0 Å². The number of carbonyl (C=O) groups is 1. The predicted octanol–water partition coefficient (Wildman–Crippen LogP) is 7.31. The van der Waals surface area contributed by atoms with E-state index in [1.165, 1.54) is 5.56 Å². The largest absolute Gasteiger partial charge is 0.489 e. The number of halogens is 1. The van der Waals surface area contributed by atoms with Gasteiger partial charge in [0.1, 0.15) is 18.5 Å². The molecule has 0 unspecified atom stereocenters. The minimum absolute atomic E-state index is 0.0263. The highest BCUT2D eigenvalue weighted by atomic mass is 35.5. The smallest absolute Gasteiger partial charge is 0.262 e. The molecule has 0 fully saturated rings. The molecule has 4 aromatic rings. The van der Waals surface area contributed by atoms with E-state index >= 15 is 0 Å². The second kappa shape index (κ2) is 9.24. The average Bonchev–Trinajstić information content (AvgIpc) is 2.86. The molecule has 0 bridgehead atoms. The van der Waals surface area contributed by atoms with Gasteiger partial charge in [0.15, 0.2) is 0 Å². The molecular formula is C29H25ClN2O2. The monoisotopic (exact) mass is 468 g/mol. The zero-order valence-electron chi connectivity index (χ0n) is 19.1. The van der Waals surface area contributed by atoms with Gasteiger partial charge < -0.3 is 10.1 Å². The Hall–Kier alpha value is -3.76. The molecule has 0 aromatic heterocycles. The van der Waals surface area contributed by atoms with Crippen molar-refractivity contribution in [2.45, 2.75) is 26.6 Å². The maximum absolute atomic E-state index is 13.6. The van der Waals surface area contributed by atoms with Gasteiger partial charge in [-0.1, -0.05) is 60.1 Å². The molecule has 1 aliphatic rings. The maximum atomic E-state index is 13.6. The first-order valence-electron chi connectivity index (χ1n) is 11.2. The van der Waals surface area contributed by atoms with Crippen LogP contribution in [0.5, 0.6) is 5.75 Å². The van der Waals surface area contributed by atoms with Crippen LogP contribution in [0, 0.1) is 13.8 Å². The fourth-order valence-corrected chi connectivity index (χ4v) is 4.34. The van der Waals surface area contributed by atoms with E-state index in [1.807, 2.05) is 83.8 Å². The summed E-state index contributed by atoms with van der Waals surface area (Å²) in [6.07, 6.45) is -0.345. The van der Waals surface area contributed by atoms with Gasteiger partial charge in [0, 0.05) is 22.0 Å². The summed E-state index contributed by atoms with van der Waals surface area (Å²) >= 11 is 6.24. The third-order valence-corrected chi connectivity index (χ3v) is 6.61. The number of nitrogens with one attached hydrogen (secondary N) is 1. The highest BCUT2D eigenvalue weighted by Crippen LogP contribution is 2.37. The predicted molar refractivity (Wildman–Crippen MR) is 138 cm³/mol. The number of ether oxygens (including phenoxy) is 1. The van der Waals surface area contributed by atoms with Crippen LogP contribution < -0.4 is 15.0 Å². The van der Waals surface area contributed by atoms with Crippen LogP contribution in [0.4, 0.5) is 11.4 Å². The van der Waals surface area contributed by atoms with Gasteiger partial charge in [-0.25, -0.2) is 0 Å². The normalized spacial score (nSPS) is 15.0. The number of amides is 1. The van der Waals surface area contributed by atoms with Crippen molar-refractivity contribution in [3.05, 3.63) is 124 Å². The van der Waals surface area contributed by atoms with Crippen LogP contribution in [-0.4, -0.2) is 5.91 Å². The molecule has 1 aliphatic heterocycles. The van der Waals surface area contributed by atoms with Crippen molar-refractivity contribution in [1.29, 1.82) is 0 Å². The summed E-state index contributed by atoms with van der Waals surface area (Å²) in [5, 5.41) is 4.24. The number of fused-ring (bicyclic) bond motifs is 1. The first kappa shape index (κ1) is 22.1. The summed E-state index contributed by atoms with van der Waals surface area (Å²) in [6.45, 7) is 4.53. The van der Waals surface area contributed by atoms with E-state index in [0.717, 1.165) is 33.8 Å². The summed E-state index contributed by atoms with van der Waals surface area (Å²) in [6, 6.07) is 29.3. The molecule has 0 aliphatic carbocycles. The van der Waals surface area contributed by atoms with E-state index in [0.29, 0.717) is 17.2 Å². The Morgan fingerprint density at radius 1 is 0.882 bits per heavy atom. The Balaban J connectivity index is 1.45. The lowest BCUT2D eigenvalue weighted by atomic mass is 10.0. The van der Waals surface area contributed by atoms with Gasteiger partial charge in [-0.05, 0) is 73.0 Å². The van der Waals surface area contributed by atoms with E-state index in [2.05, 4.69) is 31.3 Å². The molecule has 1 N–H and O–H groups in total. The van der Waals surface area contributed by atoms with E-state index in [1.54, 1.807) is 0 Å². The summed E-state index contributed by atoms with van der Waals surface area (Å²) in [5.74, 6) is 0.714. The van der Waals surface area contributed by atoms with Crippen molar-refractivity contribution in [2.24, 2.45) is 0 Å². The summed E-state index contributed by atoms with van der Waals surface area (Å²) in [4.78, 5) is 15.4. The van der Waals surface area contributed by atoms with Gasteiger partial charge in [0.05, 0.1) is 5.56 Å². The number of para-hydroxylation sites is 1. The van der Waals surface area contributed by atoms with Crippen molar-refractivity contribution >= 4 is 28.9 Å². The lowest BCUT2D eigenvalue weighted by Gasteiger charge is -2.38. The number of aryl methyl sites for hydroxylation is 2. The van der Waals surface area contributed by atoms with Crippen LogP contribution in [0.25, 0.3) is 0 Å². The first-order chi connectivity index (χ1) is 16.5. The van der Waals surface area contributed by atoms with Gasteiger partial charge in [-0.3, -0.25) is 9.69 Å². The second-order valence-electron chi connectivity index (χ2n) is 8.49. The van der Waals surface area contributed by atoms with E-state index < -0.39 is 0 Å². The molecule has 34 heavy (non-hydrogen) atoms. The van der Waals surface area contributed by atoms with Crippen LogP contribution in [0.1, 0.15) is 38.8 Å².